The highest BCUT2D eigenvalue weighted by Crippen LogP contribution is 2.24. The molecule has 0 aliphatic carbocycles. The smallest absolute Gasteiger partial charge is 0.186 e. The third kappa shape index (κ3) is 3.87. The Morgan fingerprint density at radius 2 is 1.88 bits per heavy atom. The molecule has 0 unspecified atom stereocenters. The van der Waals surface area contributed by atoms with Gasteiger partial charge < -0.3 is 30.2 Å². The third-order valence-corrected chi connectivity index (χ3v) is 2.62. The monoisotopic (exact) mass is 249 g/mol. The second-order valence-electron chi connectivity index (χ2n) is 5.27. The molecule has 1 fully saturated rings. The first-order valence-electron chi connectivity index (χ1n) is 5.70. The number of rotatable bonds is 4. The molecule has 1 aliphatic heterocycles. The molecule has 0 bridgehead atoms. The fraction of sp³-hybridized carbons (Fsp3) is 1.00. The SMILES string of the molecule is CO[C@@H]1O[C@@H]([C@H](N)COC(C)(C)C)[C@@H](O)[C@@H]1O. The zero-order valence-corrected chi connectivity index (χ0v) is 10.8. The largest absolute Gasteiger partial charge is 0.387 e. The molecule has 1 heterocycles. The van der Waals surface area contributed by atoms with Crippen molar-refractivity contribution in [3.8, 4) is 0 Å². The van der Waals surface area contributed by atoms with Crippen LogP contribution in [0.2, 0.25) is 0 Å². The standard InChI is InChI=1S/C11H23NO5/c1-11(2,3)16-5-6(12)9-7(13)8(14)10(15-4)17-9/h6-10,13-14H,5,12H2,1-4H3/t6-,7+,8+,9+,10-/m1/s1. The van der Waals surface area contributed by atoms with Crippen molar-refractivity contribution in [1.82, 2.24) is 0 Å². The molecule has 0 saturated carbocycles. The summed E-state index contributed by atoms with van der Waals surface area (Å²) in [6, 6.07) is -0.515. The quantitative estimate of drug-likeness (QED) is 0.605. The lowest BCUT2D eigenvalue weighted by molar-refractivity contribution is -0.155. The van der Waals surface area contributed by atoms with Gasteiger partial charge in [-0.3, -0.25) is 0 Å². The van der Waals surface area contributed by atoms with Crippen LogP contribution in [0.3, 0.4) is 0 Å². The van der Waals surface area contributed by atoms with Gasteiger partial charge in [0, 0.05) is 7.11 Å². The Labute approximate surface area is 102 Å². The van der Waals surface area contributed by atoms with Gasteiger partial charge >= 0.3 is 0 Å². The summed E-state index contributed by atoms with van der Waals surface area (Å²) in [5.74, 6) is 0. The van der Waals surface area contributed by atoms with E-state index in [0.29, 0.717) is 0 Å². The molecule has 0 radical (unpaired) electrons. The molecule has 4 N–H and O–H groups in total. The topological polar surface area (TPSA) is 94.2 Å². The normalized spacial score (nSPS) is 36.2. The van der Waals surface area contributed by atoms with Gasteiger partial charge in [-0.1, -0.05) is 0 Å². The summed E-state index contributed by atoms with van der Waals surface area (Å²) in [4.78, 5) is 0. The van der Waals surface area contributed by atoms with E-state index in [9.17, 15) is 10.2 Å². The summed E-state index contributed by atoms with van der Waals surface area (Å²) in [7, 11) is 1.40. The molecule has 0 aromatic rings. The van der Waals surface area contributed by atoms with E-state index in [1.54, 1.807) is 0 Å². The highest BCUT2D eigenvalue weighted by molar-refractivity contribution is 4.92. The van der Waals surface area contributed by atoms with Crippen LogP contribution in [-0.2, 0) is 14.2 Å². The fourth-order valence-electron chi connectivity index (χ4n) is 1.66. The molecular weight excluding hydrogens is 226 g/mol. The Morgan fingerprint density at radius 1 is 1.29 bits per heavy atom. The zero-order valence-electron chi connectivity index (χ0n) is 10.8. The number of nitrogens with two attached hydrogens (primary N) is 1. The van der Waals surface area contributed by atoms with E-state index in [0.717, 1.165) is 0 Å². The fourth-order valence-corrected chi connectivity index (χ4v) is 1.66. The van der Waals surface area contributed by atoms with Gasteiger partial charge in [0.15, 0.2) is 6.29 Å². The second-order valence-corrected chi connectivity index (χ2v) is 5.27. The number of aliphatic hydroxyl groups is 2. The van der Waals surface area contributed by atoms with Crippen LogP contribution in [0.4, 0.5) is 0 Å². The number of hydrogen-bond donors (Lipinski definition) is 3. The predicted molar refractivity (Wildman–Crippen MR) is 61.4 cm³/mol. The van der Waals surface area contributed by atoms with Gasteiger partial charge in [-0.05, 0) is 20.8 Å². The van der Waals surface area contributed by atoms with Crippen LogP contribution in [0.25, 0.3) is 0 Å². The summed E-state index contributed by atoms with van der Waals surface area (Å²) >= 11 is 0. The maximum atomic E-state index is 9.77. The molecule has 0 amide bonds. The molecule has 1 aliphatic rings. The van der Waals surface area contributed by atoms with Crippen molar-refractivity contribution in [2.45, 2.75) is 57.0 Å². The van der Waals surface area contributed by atoms with Gasteiger partial charge in [-0.15, -0.1) is 0 Å². The maximum Gasteiger partial charge on any atom is 0.186 e. The van der Waals surface area contributed by atoms with E-state index < -0.39 is 30.6 Å². The van der Waals surface area contributed by atoms with Crippen molar-refractivity contribution < 1.29 is 24.4 Å². The summed E-state index contributed by atoms with van der Waals surface area (Å²) in [6.45, 7) is 5.99. The highest BCUT2D eigenvalue weighted by atomic mass is 16.7. The Hall–Kier alpha value is -0.240. The molecular formula is C11H23NO5. The van der Waals surface area contributed by atoms with E-state index in [4.69, 9.17) is 19.9 Å². The number of methoxy groups -OCH3 is 1. The lowest BCUT2D eigenvalue weighted by Crippen LogP contribution is -2.47. The minimum atomic E-state index is -1.08. The average molecular weight is 249 g/mol. The van der Waals surface area contributed by atoms with Crippen molar-refractivity contribution in [3.63, 3.8) is 0 Å². The Balaban J connectivity index is 2.50. The number of ether oxygens (including phenoxy) is 3. The van der Waals surface area contributed by atoms with Gasteiger partial charge in [0.1, 0.15) is 18.3 Å². The van der Waals surface area contributed by atoms with Crippen LogP contribution in [-0.4, -0.2) is 60.2 Å². The van der Waals surface area contributed by atoms with Gasteiger partial charge in [0.2, 0.25) is 0 Å². The van der Waals surface area contributed by atoms with E-state index >= 15 is 0 Å². The second kappa shape index (κ2) is 5.60. The van der Waals surface area contributed by atoms with E-state index in [2.05, 4.69) is 0 Å². The van der Waals surface area contributed by atoms with Crippen LogP contribution >= 0.6 is 0 Å². The van der Waals surface area contributed by atoms with Crippen molar-refractivity contribution in [1.29, 1.82) is 0 Å². The van der Waals surface area contributed by atoms with Crippen molar-refractivity contribution in [3.05, 3.63) is 0 Å². The summed E-state index contributed by atoms with van der Waals surface area (Å²) < 4.78 is 15.7. The van der Waals surface area contributed by atoms with Gasteiger partial charge in [-0.25, -0.2) is 0 Å². The predicted octanol–water partition coefficient (Wildman–Crippen LogP) is -0.778. The molecule has 6 heteroatoms. The Bertz CT molecular complexity index is 243. The minimum Gasteiger partial charge on any atom is -0.387 e. The van der Waals surface area contributed by atoms with Crippen molar-refractivity contribution >= 4 is 0 Å². The zero-order chi connectivity index (χ0) is 13.2. The molecule has 17 heavy (non-hydrogen) atoms. The lowest BCUT2D eigenvalue weighted by Gasteiger charge is -2.26. The van der Waals surface area contributed by atoms with Crippen LogP contribution in [0, 0.1) is 0 Å². The highest BCUT2D eigenvalue weighted by Gasteiger charge is 2.45. The van der Waals surface area contributed by atoms with E-state index in [-0.39, 0.29) is 12.2 Å². The molecule has 0 aromatic carbocycles. The third-order valence-electron chi connectivity index (χ3n) is 2.62. The van der Waals surface area contributed by atoms with Gasteiger partial charge in [-0.2, -0.15) is 0 Å². The molecule has 1 saturated heterocycles. The van der Waals surface area contributed by atoms with Crippen LogP contribution in [0.1, 0.15) is 20.8 Å². The number of aliphatic hydroxyl groups excluding tert-OH is 2. The molecule has 6 nitrogen and oxygen atoms in total. The van der Waals surface area contributed by atoms with E-state index in [1.807, 2.05) is 20.8 Å². The van der Waals surface area contributed by atoms with Crippen LogP contribution < -0.4 is 5.73 Å². The molecule has 0 aromatic heterocycles. The Kier molecular flexibility index (Phi) is 4.88. The Morgan fingerprint density at radius 3 is 2.29 bits per heavy atom. The molecule has 0 spiro atoms. The van der Waals surface area contributed by atoms with Crippen molar-refractivity contribution in [2.24, 2.45) is 5.73 Å². The summed E-state index contributed by atoms with van der Waals surface area (Å²) in [5, 5.41) is 19.4. The van der Waals surface area contributed by atoms with Crippen molar-refractivity contribution in [2.75, 3.05) is 13.7 Å². The summed E-state index contributed by atoms with van der Waals surface area (Å²) in [5.41, 5.74) is 5.57. The first kappa shape index (κ1) is 14.8. The number of hydrogen-bond acceptors (Lipinski definition) is 6. The minimum absolute atomic E-state index is 0.244. The first-order chi connectivity index (χ1) is 7.76. The molecule has 1 rings (SSSR count). The lowest BCUT2D eigenvalue weighted by atomic mass is 10.0. The van der Waals surface area contributed by atoms with Crippen LogP contribution in [0.15, 0.2) is 0 Å². The van der Waals surface area contributed by atoms with Crippen LogP contribution in [0.5, 0.6) is 0 Å². The van der Waals surface area contributed by atoms with Gasteiger partial charge in [0.25, 0.3) is 0 Å². The summed E-state index contributed by atoms with van der Waals surface area (Å²) in [6.07, 6.45) is -3.66. The van der Waals surface area contributed by atoms with E-state index in [1.165, 1.54) is 7.11 Å². The first-order valence-corrected chi connectivity index (χ1v) is 5.70. The van der Waals surface area contributed by atoms with Gasteiger partial charge in [0.05, 0.1) is 18.2 Å². The maximum absolute atomic E-state index is 9.77. The molecule has 5 atom stereocenters. The molecule has 102 valence electrons. The average Bonchev–Trinajstić information content (AvgIpc) is 2.52.